The van der Waals surface area contributed by atoms with E-state index in [1.54, 1.807) is 18.2 Å². The molecule has 0 fully saturated rings. The molecule has 0 aliphatic rings. The zero-order valence-electron chi connectivity index (χ0n) is 14.0. The molecule has 2 aromatic carbocycles. The SMILES string of the molecule is O=C(CNC(=O)c1ccc(F)cc1F)NNC(=O)CSc1cc(Cl)ccc1Cl. The van der Waals surface area contributed by atoms with E-state index in [0.717, 1.165) is 23.9 Å². The quantitative estimate of drug-likeness (QED) is 0.469. The van der Waals surface area contributed by atoms with E-state index < -0.39 is 41.5 Å². The highest BCUT2D eigenvalue weighted by molar-refractivity contribution is 8.00. The number of amides is 3. The van der Waals surface area contributed by atoms with E-state index in [0.29, 0.717) is 21.0 Å². The summed E-state index contributed by atoms with van der Waals surface area (Å²) in [5.41, 5.74) is 3.85. The van der Waals surface area contributed by atoms with E-state index in [-0.39, 0.29) is 5.75 Å². The summed E-state index contributed by atoms with van der Waals surface area (Å²) in [6.07, 6.45) is 0. The summed E-state index contributed by atoms with van der Waals surface area (Å²) in [5.74, 6) is -4.09. The monoisotopic (exact) mass is 447 g/mol. The molecule has 2 rings (SSSR count). The smallest absolute Gasteiger partial charge is 0.257 e. The number of carbonyl (C=O) groups is 3. The van der Waals surface area contributed by atoms with Crippen molar-refractivity contribution in [2.75, 3.05) is 12.3 Å². The van der Waals surface area contributed by atoms with E-state index in [4.69, 9.17) is 23.2 Å². The number of hydrazine groups is 1. The van der Waals surface area contributed by atoms with Crippen LogP contribution in [0.2, 0.25) is 10.0 Å². The number of halogens is 4. The van der Waals surface area contributed by atoms with Crippen LogP contribution in [0, 0.1) is 11.6 Å². The number of nitrogens with one attached hydrogen (secondary N) is 3. The molecular weight excluding hydrogens is 435 g/mol. The fraction of sp³-hybridized carbons (Fsp3) is 0.118. The van der Waals surface area contributed by atoms with E-state index in [1.165, 1.54) is 0 Å². The van der Waals surface area contributed by atoms with Crippen molar-refractivity contribution >= 4 is 52.7 Å². The van der Waals surface area contributed by atoms with E-state index >= 15 is 0 Å². The van der Waals surface area contributed by atoms with Gasteiger partial charge in [0.05, 0.1) is 22.9 Å². The molecule has 2 aromatic rings. The van der Waals surface area contributed by atoms with Gasteiger partial charge in [-0.1, -0.05) is 23.2 Å². The minimum absolute atomic E-state index is 0.0481. The van der Waals surface area contributed by atoms with Gasteiger partial charge in [-0.2, -0.15) is 0 Å². The standard InChI is InChI=1S/C17H13Cl2F2N3O3S/c18-9-1-4-12(19)14(5-9)28-8-16(26)24-23-15(25)7-22-17(27)11-3-2-10(20)6-13(11)21/h1-6H,7-8H2,(H,22,27)(H,23,25)(H,24,26). The highest BCUT2D eigenvalue weighted by Crippen LogP contribution is 2.29. The normalized spacial score (nSPS) is 10.3. The summed E-state index contributed by atoms with van der Waals surface area (Å²) in [5, 5.41) is 3.05. The molecule has 0 aromatic heterocycles. The molecule has 0 bridgehead atoms. The molecule has 0 radical (unpaired) electrons. The zero-order chi connectivity index (χ0) is 20.7. The van der Waals surface area contributed by atoms with Gasteiger partial charge in [-0.15, -0.1) is 11.8 Å². The first-order chi connectivity index (χ1) is 13.3. The van der Waals surface area contributed by atoms with Gasteiger partial charge in [-0.25, -0.2) is 8.78 Å². The first-order valence-corrected chi connectivity index (χ1v) is 9.39. The first-order valence-electron chi connectivity index (χ1n) is 7.65. The maximum Gasteiger partial charge on any atom is 0.257 e. The molecule has 0 spiro atoms. The van der Waals surface area contributed by atoms with Crippen LogP contribution in [0.25, 0.3) is 0 Å². The summed E-state index contributed by atoms with van der Waals surface area (Å²) < 4.78 is 26.3. The summed E-state index contributed by atoms with van der Waals surface area (Å²) in [7, 11) is 0. The first kappa shape index (κ1) is 21.9. The Balaban J connectivity index is 1.73. The molecule has 3 amide bonds. The van der Waals surface area contributed by atoms with Gasteiger partial charge in [-0.3, -0.25) is 25.2 Å². The van der Waals surface area contributed by atoms with Crippen molar-refractivity contribution in [1.82, 2.24) is 16.2 Å². The average Bonchev–Trinajstić information content (AvgIpc) is 2.65. The van der Waals surface area contributed by atoms with Gasteiger partial charge in [0.25, 0.3) is 11.8 Å². The van der Waals surface area contributed by atoms with E-state index in [1.807, 2.05) is 0 Å². The fourth-order valence-corrected chi connectivity index (χ4v) is 3.17. The van der Waals surface area contributed by atoms with Crippen molar-refractivity contribution in [3.63, 3.8) is 0 Å². The van der Waals surface area contributed by atoms with Crippen molar-refractivity contribution in [3.05, 3.63) is 63.6 Å². The largest absolute Gasteiger partial charge is 0.343 e. The number of hydrogen-bond donors (Lipinski definition) is 3. The van der Waals surface area contributed by atoms with Crippen molar-refractivity contribution in [2.24, 2.45) is 0 Å². The molecule has 11 heteroatoms. The van der Waals surface area contributed by atoms with Gasteiger partial charge in [0.2, 0.25) is 5.91 Å². The second kappa shape index (κ2) is 10.3. The van der Waals surface area contributed by atoms with Gasteiger partial charge < -0.3 is 5.32 Å². The highest BCUT2D eigenvalue weighted by atomic mass is 35.5. The Morgan fingerprint density at radius 1 is 0.964 bits per heavy atom. The maximum atomic E-state index is 13.5. The van der Waals surface area contributed by atoms with Crippen LogP contribution >= 0.6 is 35.0 Å². The Morgan fingerprint density at radius 3 is 2.39 bits per heavy atom. The summed E-state index contributed by atoms with van der Waals surface area (Å²) in [6.45, 7) is -0.525. The Kier molecular flexibility index (Phi) is 8.04. The molecule has 148 valence electrons. The molecule has 0 heterocycles. The summed E-state index contributed by atoms with van der Waals surface area (Å²) in [4.78, 5) is 35.8. The number of carbonyl (C=O) groups excluding carboxylic acids is 3. The van der Waals surface area contributed by atoms with Crippen LogP contribution in [0.15, 0.2) is 41.3 Å². The lowest BCUT2D eigenvalue weighted by molar-refractivity contribution is -0.127. The van der Waals surface area contributed by atoms with Crippen LogP contribution in [0.4, 0.5) is 8.78 Å². The third-order valence-corrected chi connectivity index (χ3v) is 4.91. The lowest BCUT2D eigenvalue weighted by Crippen LogP contribution is -2.47. The molecule has 0 aliphatic heterocycles. The second-order valence-electron chi connectivity index (χ2n) is 5.27. The predicted molar refractivity (Wildman–Crippen MR) is 102 cm³/mol. The summed E-state index contributed by atoms with van der Waals surface area (Å²) >= 11 is 12.9. The highest BCUT2D eigenvalue weighted by Gasteiger charge is 2.14. The van der Waals surface area contributed by atoms with Crippen LogP contribution in [0.3, 0.4) is 0 Å². The fourth-order valence-electron chi connectivity index (χ4n) is 1.88. The Hall–Kier alpha value is -2.36. The number of rotatable bonds is 6. The Bertz CT molecular complexity index is 915. The third kappa shape index (κ3) is 6.66. The Labute approximate surface area is 172 Å². The predicted octanol–water partition coefficient (Wildman–Crippen LogP) is 2.94. The summed E-state index contributed by atoms with van der Waals surface area (Å²) in [6, 6.07) is 7.24. The lowest BCUT2D eigenvalue weighted by atomic mass is 10.2. The van der Waals surface area contributed by atoms with E-state index in [9.17, 15) is 23.2 Å². The third-order valence-electron chi connectivity index (χ3n) is 3.18. The van der Waals surface area contributed by atoms with Crippen LogP contribution in [-0.4, -0.2) is 30.0 Å². The molecule has 28 heavy (non-hydrogen) atoms. The number of thioether (sulfide) groups is 1. The maximum absolute atomic E-state index is 13.5. The van der Waals surface area contributed by atoms with Crippen LogP contribution < -0.4 is 16.2 Å². The van der Waals surface area contributed by atoms with Crippen LogP contribution in [-0.2, 0) is 9.59 Å². The lowest BCUT2D eigenvalue weighted by Gasteiger charge is -2.09. The van der Waals surface area contributed by atoms with Gasteiger partial charge >= 0.3 is 0 Å². The minimum Gasteiger partial charge on any atom is -0.343 e. The molecule has 0 atom stereocenters. The molecule has 0 saturated heterocycles. The van der Waals surface area contributed by atoms with Crippen LogP contribution in [0.5, 0.6) is 0 Å². The topological polar surface area (TPSA) is 87.3 Å². The molecule has 0 unspecified atom stereocenters. The van der Waals surface area contributed by atoms with Gasteiger partial charge in [-0.05, 0) is 30.3 Å². The molecule has 3 N–H and O–H groups in total. The zero-order valence-corrected chi connectivity index (χ0v) is 16.4. The molecule has 0 saturated carbocycles. The Morgan fingerprint density at radius 2 is 1.68 bits per heavy atom. The van der Waals surface area contributed by atoms with Gasteiger partial charge in [0, 0.05) is 16.0 Å². The molecule has 0 aliphatic carbocycles. The van der Waals surface area contributed by atoms with Crippen molar-refractivity contribution in [2.45, 2.75) is 4.90 Å². The second-order valence-corrected chi connectivity index (χ2v) is 7.13. The number of benzene rings is 2. The number of hydrogen-bond acceptors (Lipinski definition) is 4. The minimum atomic E-state index is -1.05. The molecule has 6 nitrogen and oxygen atoms in total. The van der Waals surface area contributed by atoms with Crippen molar-refractivity contribution in [3.8, 4) is 0 Å². The van der Waals surface area contributed by atoms with Gasteiger partial charge in [0.15, 0.2) is 0 Å². The van der Waals surface area contributed by atoms with Gasteiger partial charge in [0.1, 0.15) is 11.6 Å². The van der Waals surface area contributed by atoms with Crippen molar-refractivity contribution in [1.29, 1.82) is 0 Å². The van der Waals surface area contributed by atoms with E-state index in [2.05, 4.69) is 16.2 Å². The van der Waals surface area contributed by atoms with Crippen molar-refractivity contribution < 1.29 is 23.2 Å². The average molecular weight is 448 g/mol. The van der Waals surface area contributed by atoms with Crippen LogP contribution in [0.1, 0.15) is 10.4 Å². The molecular formula is C17H13Cl2F2N3O3S.